The van der Waals surface area contributed by atoms with Gasteiger partial charge in [0, 0.05) is 17.5 Å². The molecule has 0 aliphatic carbocycles. The maximum absolute atomic E-state index is 9.41. The van der Waals surface area contributed by atoms with Crippen LogP contribution in [0.4, 0.5) is 11.8 Å². The van der Waals surface area contributed by atoms with E-state index in [0.29, 0.717) is 23.4 Å². The van der Waals surface area contributed by atoms with Gasteiger partial charge in [0.1, 0.15) is 29.0 Å². The summed E-state index contributed by atoms with van der Waals surface area (Å²) in [5.74, 6) is 1.53. The van der Waals surface area contributed by atoms with Crippen LogP contribution in [0.1, 0.15) is 28.1 Å². The smallest absolute Gasteiger partial charge is 0.222 e. The quantitative estimate of drug-likeness (QED) is 0.731. The fourth-order valence-electron chi connectivity index (χ4n) is 2.82. The van der Waals surface area contributed by atoms with Crippen LogP contribution in [-0.4, -0.2) is 22.2 Å². The van der Waals surface area contributed by atoms with Crippen LogP contribution in [0.25, 0.3) is 11.3 Å². The van der Waals surface area contributed by atoms with Crippen molar-refractivity contribution >= 4 is 11.8 Å². The molecule has 0 atom stereocenters. The van der Waals surface area contributed by atoms with E-state index in [1.807, 2.05) is 32.0 Å². The summed E-state index contributed by atoms with van der Waals surface area (Å²) in [6.07, 6.45) is 0.566. The minimum absolute atomic E-state index is 0.0135. The van der Waals surface area contributed by atoms with E-state index in [1.54, 1.807) is 13.2 Å². The van der Waals surface area contributed by atoms with Gasteiger partial charge < -0.3 is 20.7 Å². The third-order valence-electron chi connectivity index (χ3n) is 4.17. The Balaban J connectivity index is 2.14. The minimum Gasteiger partial charge on any atom is -0.496 e. The van der Waals surface area contributed by atoms with Gasteiger partial charge in [0.2, 0.25) is 5.95 Å². The first-order valence-electron chi connectivity index (χ1n) is 7.86. The van der Waals surface area contributed by atoms with Crippen LogP contribution >= 0.6 is 0 Å². The van der Waals surface area contributed by atoms with Crippen LogP contribution in [0.15, 0.2) is 22.7 Å². The fourth-order valence-corrected chi connectivity index (χ4v) is 2.82. The van der Waals surface area contributed by atoms with E-state index < -0.39 is 0 Å². The van der Waals surface area contributed by atoms with E-state index in [0.717, 1.165) is 22.6 Å². The van der Waals surface area contributed by atoms with Crippen molar-refractivity contribution in [3.63, 3.8) is 0 Å². The van der Waals surface area contributed by atoms with Gasteiger partial charge in [-0.2, -0.15) is 10.2 Å². The molecule has 132 valence electrons. The van der Waals surface area contributed by atoms with Gasteiger partial charge >= 0.3 is 0 Å². The molecule has 2 heterocycles. The van der Waals surface area contributed by atoms with Crippen LogP contribution < -0.4 is 16.2 Å². The molecule has 8 nitrogen and oxygen atoms in total. The number of hydrogen-bond donors (Lipinski definition) is 2. The average Bonchev–Trinajstić information content (AvgIpc) is 2.93. The second kappa shape index (κ2) is 6.72. The lowest BCUT2D eigenvalue weighted by atomic mass is 9.98. The van der Waals surface area contributed by atoms with Gasteiger partial charge in [-0.15, -0.1) is 0 Å². The number of nitrogens with two attached hydrogens (primary N) is 2. The predicted octanol–water partition coefficient (Wildman–Crippen LogP) is 2.38. The molecule has 0 aliphatic heterocycles. The highest BCUT2D eigenvalue weighted by Gasteiger charge is 2.17. The van der Waals surface area contributed by atoms with Crippen molar-refractivity contribution in [3.8, 4) is 23.1 Å². The number of aromatic nitrogens is 3. The number of anilines is 2. The average molecular weight is 350 g/mol. The highest BCUT2D eigenvalue weighted by molar-refractivity contribution is 5.74. The van der Waals surface area contributed by atoms with Crippen LogP contribution in [0.5, 0.6) is 5.75 Å². The number of nitriles is 1. The first-order valence-corrected chi connectivity index (χ1v) is 7.86. The van der Waals surface area contributed by atoms with Gasteiger partial charge in [-0.25, -0.2) is 4.98 Å². The summed E-state index contributed by atoms with van der Waals surface area (Å²) in [5, 5.41) is 13.4. The fraction of sp³-hybridized carbons (Fsp3) is 0.222. The topological polar surface area (TPSA) is 137 Å². The van der Waals surface area contributed by atoms with Crippen LogP contribution in [-0.2, 0) is 6.42 Å². The Morgan fingerprint density at radius 3 is 2.62 bits per heavy atom. The van der Waals surface area contributed by atoms with Crippen molar-refractivity contribution in [3.05, 3.63) is 46.3 Å². The molecule has 0 fully saturated rings. The van der Waals surface area contributed by atoms with Gasteiger partial charge in [0.15, 0.2) is 0 Å². The molecule has 2 aromatic heterocycles. The molecule has 3 rings (SSSR count). The number of hydrogen-bond acceptors (Lipinski definition) is 8. The molecule has 0 aliphatic rings. The van der Waals surface area contributed by atoms with Crippen LogP contribution in [0.2, 0.25) is 0 Å². The van der Waals surface area contributed by atoms with E-state index in [4.69, 9.17) is 20.7 Å². The summed E-state index contributed by atoms with van der Waals surface area (Å²) in [4.78, 5) is 8.04. The second-order valence-electron chi connectivity index (χ2n) is 5.81. The maximum Gasteiger partial charge on any atom is 0.222 e. The SMILES string of the molecule is COc1ccc(-c2nc(N)nc(N)c2C#N)cc1Cc1c(C)noc1C. The van der Waals surface area contributed by atoms with Gasteiger partial charge in [0.05, 0.1) is 18.5 Å². The van der Waals surface area contributed by atoms with E-state index in [9.17, 15) is 5.26 Å². The largest absolute Gasteiger partial charge is 0.496 e. The summed E-state index contributed by atoms with van der Waals surface area (Å²) in [5.41, 5.74) is 15.5. The number of aryl methyl sites for hydroxylation is 2. The summed E-state index contributed by atoms with van der Waals surface area (Å²) >= 11 is 0. The lowest BCUT2D eigenvalue weighted by Gasteiger charge is -2.12. The third-order valence-corrected chi connectivity index (χ3v) is 4.17. The van der Waals surface area contributed by atoms with Crippen molar-refractivity contribution in [1.29, 1.82) is 5.26 Å². The summed E-state index contributed by atoms with van der Waals surface area (Å²) in [6, 6.07) is 7.56. The Morgan fingerprint density at radius 2 is 2.00 bits per heavy atom. The maximum atomic E-state index is 9.41. The monoisotopic (exact) mass is 350 g/mol. The summed E-state index contributed by atoms with van der Waals surface area (Å²) in [7, 11) is 1.60. The number of rotatable bonds is 4. The molecular weight excluding hydrogens is 332 g/mol. The van der Waals surface area contributed by atoms with E-state index in [-0.39, 0.29) is 17.3 Å². The number of nitrogens with zero attached hydrogens (tertiary/aromatic N) is 4. The summed E-state index contributed by atoms with van der Waals surface area (Å²) < 4.78 is 10.7. The Hall–Kier alpha value is -3.60. The molecule has 0 spiro atoms. The predicted molar refractivity (Wildman–Crippen MR) is 96.3 cm³/mol. The molecule has 26 heavy (non-hydrogen) atoms. The third kappa shape index (κ3) is 3.02. The minimum atomic E-state index is 0.0135. The molecule has 8 heteroatoms. The van der Waals surface area contributed by atoms with E-state index in [1.165, 1.54) is 0 Å². The first-order chi connectivity index (χ1) is 12.4. The van der Waals surface area contributed by atoms with Crippen molar-refractivity contribution in [1.82, 2.24) is 15.1 Å². The zero-order valence-electron chi connectivity index (χ0n) is 14.7. The molecule has 0 radical (unpaired) electrons. The molecule has 1 aromatic carbocycles. The highest BCUT2D eigenvalue weighted by atomic mass is 16.5. The second-order valence-corrected chi connectivity index (χ2v) is 5.81. The zero-order chi connectivity index (χ0) is 18.8. The van der Waals surface area contributed by atoms with Crippen molar-refractivity contribution in [2.75, 3.05) is 18.6 Å². The number of methoxy groups -OCH3 is 1. The van der Waals surface area contributed by atoms with Gasteiger partial charge in [-0.1, -0.05) is 5.16 Å². The van der Waals surface area contributed by atoms with Gasteiger partial charge in [-0.05, 0) is 37.6 Å². The zero-order valence-corrected chi connectivity index (χ0v) is 14.7. The Labute approximate surface area is 150 Å². The van der Waals surface area contributed by atoms with Gasteiger partial charge in [-0.3, -0.25) is 0 Å². The van der Waals surface area contributed by atoms with Crippen LogP contribution in [0.3, 0.4) is 0 Å². The van der Waals surface area contributed by atoms with Crippen molar-refractivity contribution in [2.45, 2.75) is 20.3 Å². The molecule has 0 saturated carbocycles. The Kier molecular flexibility index (Phi) is 4.45. The molecule has 3 aromatic rings. The van der Waals surface area contributed by atoms with Gasteiger partial charge in [0.25, 0.3) is 0 Å². The first kappa shape index (κ1) is 17.2. The molecule has 0 amide bonds. The molecule has 0 unspecified atom stereocenters. The Bertz CT molecular complexity index is 1000. The lowest BCUT2D eigenvalue weighted by Crippen LogP contribution is -2.05. The number of nitrogen functional groups attached to an aromatic ring is 2. The normalized spacial score (nSPS) is 10.5. The summed E-state index contributed by atoms with van der Waals surface area (Å²) in [6.45, 7) is 3.76. The molecule has 0 saturated heterocycles. The highest BCUT2D eigenvalue weighted by Crippen LogP contribution is 2.31. The number of benzene rings is 1. The van der Waals surface area contributed by atoms with Crippen molar-refractivity contribution < 1.29 is 9.26 Å². The lowest BCUT2D eigenvalue weighted by molar-refractivity contribution is 0.392. The molecule has 0 bridgehead atoms. The standard InChI is InChI=1S/C18H18N6O2/c1-9-13(10(2)26-24-9)7-12-6-11(4-5-15(12)25-3)16-14(8-19)17(20)23-18(21)22-16/h4-6H,7H2,1-3H3,(H4,20,21,22,23). The van der Waals surface area contributed by atoms with Crippen LogP contribution in [0, 0.1) is 25.2 Å². The van der Waals surface area contributed by atoms with E-state index >= 15 is 0 Å². The number of ether oxygens (including phenoxy) is 1. The van der Waals surface area contributed by atoms with Crippen molar-refractivity contribution in [2.24, 2.45) is 0 Å². The van der Waals surface area contributed by atoms with E-state index in [2.05, 4.69) is 15.1 Å². The molecular formula is C18H18N6O2. The molecule has 4 N–H and O–H groups in total. The Morgan fingerprint density at radius 1 is 1.23 bits per heavy atom.